The molecule has 1 aliphatic heterocycles. The highest BCUT2D eigenvalue weighted by molar-refractivity contribution is 4.87. The molecular weight excluding hydrogens is 208 g/mol. The highest BCUT2D eigenvalue weighted by atomic mass is 15.1. The molecular formula is C15H28N2. The molecule has 0 aromatic heterocycles. The van der Waals surface area contributed by atoms with Gasteiger partial charge in [-0.2, -0.15) is 5.26 Å². The summed E-state index contributed by atoms with van der Waals surface area (Å²) in [5.74, 6) is 0.334. The fourth-order valence-electron chi connectivity index (χ4n) is 2.58. The first kappa shape index (κ1) is 14.5. The minimum absolute atomic E-state index is 0.334. The van der Waals surface area contributed by atoms with E-state index in [0.717, 1.165) is 25.9 Å². The van der Waals surface area contributed by atoms with Crippen LogP contribution in [0.25, 0.3) is 0 Å². The molecule has 0 spiro atoms. The number of hydrogen-bond donors (Lipinski definition) is 0. The molecule has 2 nitrogen and oxygen atoms in total. The number of rotatable bonds is 8. The average molecular weight is 236 g/mol. The Hall–Kier alpha value is -0.550. The minimum atomic E-state index is 0.334. The number of nitriles is 1. The van der Waals surface area contributed by atoms with Crippen LogP contribution in [-0.4, -0.2) is 24.5 Å². The van der Waals surface area contributed by atoms with Crippen molar-refractivity contribution in [2.75, 3.05) is 19.6 Å². The molecule has 1 rings (SSSR count). The first-order valence-corrected chi connectivity index (χ1v) is 7.48. The molecule has 0 aromatic rings. The third kappa shape index (κ3) is 6.68. The molecule has 0 unspecified atom stereocenters. The molecule has 0 amide bonds. The molecule has 1 heterocycles. The minimum Gasteiger partial charge on any atom is -0.303 e. The Bertz CT molecular complexity index is 211. The summed E-state index contributed by atoms with van der Waals surface area (Å²) >= 11 is 0. The molecule has 0 aromatic carbocycles. The van der Waals surface area contributed by atoms with Crippen LogP contribution in [0.2, 0.25) is 0 Å². The zero-order chi connectivity index (χ0) is 12.3. The van der Waals surface area contributed by atoms with E-state index < -0.39 is 0 Å². The van der Waals surface area contributed by atoms with Crippen LogP contribution in [0.4, 0.5) is 0 Å². The Balaban J connectivity index is 1.89. The van der Waals surface area contributed by atoms with Gasteiger partial charge >= 0.3 is 0 Å². The van der Waals surface area contributed by atoms with Crippen molar-refractivity contribution in [2.24, 2.45) is 5.92 Å². The van der Waals surface area contributed by atoms with Gasteiger partial charge in [-0.3, -0.25) is 0 Å². The maximum Gasteiger partial charge on any atom is 0.0656 e. The quantitative estimate of drug-likeness (QED) is 0.596. The van der Waals surface area contributed by atoms with Crippen LogP contribution in [-0.2, 0) is 0 Å². The molecule has 2 heteroatoms. The van der Waals surface area contributed by atoms with E-state index in [9.17, 15) is 0 Å². The van der Waals surface area contributed by atoms with Crippen molar-refractivity contribution in [2.45, 2.75) is 64.7 Å². The molecule has 0 radical (unpaired) electrons. The second-order valence-electron chi connectivity index (χ2n) is 5.37. The maximum absolute atomic E-state index is 8.83. The Morgan fingerprint density at radius 2 is 1.59 bits per heavy atom. The van der Waals surface area contributed by atoms with Gasteiger partial charge in [0.15, 0.2) is 0 Å². The Morgan fingerprint density at radius 3 is 2.18 bits per heavy atom. The van der Waals surface area contributed by atoms with Gasteiger partial charge in [0.25, 0.3) is 0 Å². The monoisotopic (exact) mass is 236 g/mol. The summed E-state index contributed by atoms with van der Waals surface area (Å²) < 4.78 is 0. The van der Waals surface area contributed by atoms with Gasteiger partial charge in [0.05, 0.1) is 6.07 Å². The van der Waals surface area contributed by atoms with Crippen LogP contribution in [0.1, 0.15) is 64.7 Å². The normalized spacial score (nSPS) is 18.1. The zero-order valence-electron chi connectivity index (χ0n) is 11.5. The zero-order valence-corrected chi connectivity index (χ0v) is 11.5. The first-order valence-electron chi connectivity index (χ1n) is 7.48. The van der Waals surface area contributed by atoms with Crippen molar-refractivity contribution in [1.29, 1.82) is 5.26 Å². The highest BCUT2D eigenvalue weighted by Gasteiger charge is 2.17. The number of unbranched alkanes of at least 4 members (excludes halogenated alkanes) is 6. The van der Waals surface area contributed by atoms with Gasteiger partial charge < -0.3 is 4.90 Å². The molecule has 17 heavy (non-hydrogen) atoms. The lowest BCUT2D eigenvalue weighted by Gasteiger charge is -2.28. The Labute approximate surface area is 107 Å². The van der Waals surface area contributed by atoms with Crippen LogP contribution < -0.4 is 0 Å². The molecule has 0 atom stereocenters. The van der Waals surface area contributed by atoms with Gasteiger partial charge in [-0.25, -0.2) is 0 Å². The topological polar surface area (TPSA) is 27.0 Å². The predicted octanol–water partition coefficient (Wildman–Crippen LogP) is 3.97. The van der Waals surface area contributed by atoms with Crippen molar-refractivity contribution in [1.82, 2.24) is 4.90 Å². The van der Waals surface area contributed by atoms with E-state index in [4.69, 9.17) is 5.26 Å². The summed E-state index contributed by atoms with van der Waals surface area (Å²) in [4.78, 5) is 2.54. The lowest BCUT2D eigenvalue weighted by Crippen LogP contribution is -2.33. The molecule has 98 valence electrons. The number of likely N-dealkylation sites (tertiary alicyclic amines) is 1. The van der Waals surface area contributed by atoms with Crippen LogP contribution in [0, 0.1) is 17.2 Å². The van der Waals surface area contributed by atoms with Crippen LogP contribution in [0.5, 0.6) is 0 Å². The summed E-state index contributed by atoms with van der Waals surface area (Å²) in [6, 6.07) is 2.39. The largest absolute Gasteiger partial charge is 0.303 e. The standard InChI is InChI=1S/C15H28N2/c1-2-3-4-5-6-7-8-11-17-12-9-15(14-16)10-13-17/h15H,2-13H2,1H3. The van der Waals surface area contributed by atoms with Crippen molar-refractivity contribution in [3.8, 4) is 6.07 Å². The molecule has 0 saturated carbocycles. The van der Waals surface area contributed by atoms with Gasteiger partial charge in [-0.1, -0.05) is 45.4 Å². The van der Waals surface area contributed by atoms with Gasteiger partial charge in [0.1, 0.15) is 0 Å². The van der Waals surface area contributed by atoms with Crippen molar-refractivity contribution >= 4 is 0 Å². The number of hydrogen-bond acceptors (Lipinski definition) is 2. The lowest BCUT2D eigenvalue weighted by atomic mass is 9.98. The molecule has 1 aliphatic rings. The summed E-state index contributed by atoms with van der Waals surface area (Å²) in [5.41, 5.74) is 0. The van der Waals surface area contributed by atoms with E-state index in [0.29, 0.717) is 5.92 Å². The maximum atomic E-state index is 8.83. The van der Waals surface area contributed by atoms with Crippen molar-refractivity contribution in [3.05, 3.63) is 0 Å². The van der Waals surface area contributed by atoms with Crippen LogP contribution in [0.3, 0.4) is 0 Å². The number of piperidine rings is 1. The fraction of sp³-hybridized carbons (Fsp3) is 0.933. The lowest BCUT2D eigenvalue weighted by molar-refractivity contribution is 0.202. The summed E-state index contributed by atoms with van der Waals surface area (Å²) in [5, 5.41) is 8.83. The number of nitrogens with zero attached hydrogens (tertiary/aromatic N) is 2. The van der Waals surface area contributed by atoms with E-state index >= 15 is 0 Å². The summed E-state index contributed by atoms with van der Waals surface area (Å²) in [6.07, 6.45) is 11.9. The van der Waals surface area contributed by atoms with Crippen LogP contribution >= 0.6 is 0 Å². The molecule has 0 bridgehead atoms. The predicted molar refractivity (Wildman–Crippen MR) is 72.8 cm³/mol. The third-order valence-corrected chi connectivity index (χ3v) is 3.85. The molecule has 1 fully saturated rings. The van der Waals surface area contributed by atoms with Gasteiger partial charge in [-0.15, -0.1) is 0 Å². The van der Waals surface area contributed by atoms with Crippen molar-refractivity contribution in [3.63, 3.8) is 0 Å². The second kappa shape index (κ2) is 9.48. The highest BCUT2D eigenvalue weighted by Crippen LogP contribution is 2.16. The smallest absolute Gasteiger partial charge is 0.0656 e. The average Bonchev–Trinajstić information content (AvgIpc) is 2.38. The fourth-order valence-corrected chi connectivity index (χ4v) is 2.58. The van der Waals surface area contributed by atoms with Crippen molar-refractivity contribution < 1.29 is 0 Å². The SMILES string of the molecule is CCCCCCCCCN1CCC(C#N)CC1. The molecule has 0 N–H and O–H groups in total. The van der Waals surface area contributed by atoms with E-state index in [1.165, 1.54) is 51.5 Å². The van der Waals surface area contributed by atoms with E-state index in [1.54, 1.807) is 0 Å². The third-order valence-electron chi connectivity index (χ3n) is 3.85. The van der Waals surface area contributed by atoms with E-state index in [2.05, 4.69) is 17.9 Å². The van der Waals surface area contributed by atoms with Gasteiger partial charge in [0, 0.05) is 5.92 Å². The van der Waals surface area contributed by atoms with Gasteiger partial charge in [-0.05, 0) is 38.9 Å². The molecule has 0 aliphatic carbocycles. The Morgan fingerprint density at radius 1 is 1.00 bits per heavy atom. The van der Waals surface area contributed by atoms with Crippen LogP contribution in [0.15, 0.2) is 0 Å². The summed E-state index contributed by atoms with van der Waals surface area (Å²) in [7, 11) is 0. The second-order valence-corrected chi connectivity index (χ2v) is 5.37. The summed E-state index contributed by atoms with van der Waals surface area (Å²) in [6.45, 7) is 5.82. The Kier molecular flexibility index (Phi) is 8.09. The van der Waals surface area contributed by atoms with E-state index in [-0.39, 0.29) is 0 Å². The molecule has 1 saturated heterocycles. The van der Waals surface area contributed by atoms with E-state index in [1.807, 2.05) is 0 Å². The first-order chi connectivity index (χ1) is 8.36. The van der Waals surface area contributed by atoms with Gasteiger partial charge in [0.2, 0.25) is 0 Å².